The molecule has 2 amide bonds. The number of sulfonamides is 1. The van der Waals surface area contributed by atoms with Gasteiger partial charge < -0.3 is 10.2 Å². The topological polar surface area (TPSA) is 86.8 Å². The van der Waals surface area contributed by atoms with Crippen LogP contribution < -0.4 is 9.62 Å². The smallest absolute Gasteiger partial charge is 0.242 e. The average molecular weight is 522 g/mol. The van der Waals surface area contributed by atoms with E-state index in [0.717, 1.165) is 23.1 Å². The van der Waals surface area contributed by atoms with Crippen LogP contribution in [0.4, 0.5) is 5.69 Å². The minimum Gasteiger partial charge on any atom is -0.354 e. The minimum atomic E-state index is -3.54. The Kier molecular flexibility index (Phi) is 10.6. The fraction of sp³-hybridized carbons (Fsp3) is 0.462. The molecular weight excluding hydrogens is 486 g/mol. The number of carbonyl (C=O) groups excluding carboxylic acids is 2. The van der Waals surface area contributed by atoms with E-state index in [-0.39, 0.29) is 31.3 Å². The molecule has 0 fully saturated rings. The van der Waals surface area contributed by atoms with E-state index in [9.17, 15) is 18.0 Å². The molecule has 2 rings (SSSR count). The fourth-order valence-electron chi connectivity index (χ4n) is 3.74. The Balaban J connectivity index is 2.18. The summed E-state index contributed by atoms with van der Waals surface area (Å²) in [6.45, 7) is 8.40. The quantitative estimate of drug-likeness (QED) is 0.447. The van der Waals surface area contributed by atoms with Gasteiger partial charge in [-0.2, -0.15) is 0 Å². The van der Waals surface area contributed by atoms with E-state index < -0.39 is 16.1 Å². The molecule has 0 aromatic heterocycles. The monoisotopic (exact) mass is 521 g/mol. The number of nitrogens with one attached hydrogen (secondary N) is 1. The van der Waals surface area contributed by atoms with Gasteiger partial charge in [0.2, 0.25) is 21.8 Å². The summed E-state index contributed by atoms with van der Waals surface area (Å²) in [6, 6.07) is 12.1. The molecule has 0 saturated carbocycles. The van der Waals surface area contributed by atoms with Gasteiger partial charge in [-0.3, -0.25) is 13.9 Å². The second kappa shape index (κ2) is 12.9. The lowest BCUT2D eigenvalue weighted by Gasteiger charge is -2.29. The van der Waals surface area contributed by atoms with Crippen molar-refractivity contribution in [3.05, 3.63) is 64.2 Å². The summed E-state index contributed by atoms with van der Waals surface area (Å²) < 4.78 is 26.4. The third-order valence-electron chi connectivity index (χ3n) is 5.77. The highest BCUT2D eigenvalue weighted by molar-refractivity contribution is 7.92. The molecular formula is C26H36ClN3O4S. The Morgan fingerprint density at radius 1 is 1.09 bits per heavy atom. The summed E-state index contributed by atoms with van der Waals surface area (Å²) in [5.74, 6) is -0.434. The van der Waals surface area contributed by atoms with Crippen LogP contribution in [0.5, 0.6) is 0 Å². The molecule has 2 aromatic rings. The van der Waals surface area contributed by atoms with Gasteiger partial charge in [0.1, 0.15) is 6.04 Å². The normalized spacial score (nSPS) is 12.2. The van der Waals surface area contributed by atoms with Crippen molar-refractivity contribution in [2.45, 2.75) is 59.5 Å². The number of hydrogen-bond donors (Lipinski definition) is 1. The maximum absolute atomic E-state index is 13.3. The maximum Gasteiger partial charge on any atom is 0.242 e. The number of anilines is 1. The highest BCUT2D eigenvalue weighted by Gasteiger charge is 2.26. The van der Waals surface area contributed by atoms with Crippen LogP contribution in [0, 0.1) is 13.8 Å². The van der Waals surface area contributed by atoms with Crippen molar-refractivity contribution in [1.29, 1.82) is 0 Å². The van der Waals surface area contributed by atoms with Crippen molar-refractivity contribution >= 4 is 39.1 Å². The number of carbonyl (C=O) groups is 2. The SMILES string of the molecule is CCCNC(=O)C(C)N(Cc1ccc(Cl)cc1)C(=O)CCCN(c1cc(C)ccc1C)S(C)(=O)=O. The molecule has 0 aliphatic heterocycles. The highest BCUT2D eigenvalue weighted by atomic mass is 35.5. The molecule has 1 atom stereocenters. The van der Waals surface area contributed by atoms with Gasteiger partial charge in [0.15, 0.2) is 0 Å². The minimum absolute atomic E-state index is 0.107. The molecule has 0 bridgehead atoms. The van der Waals surface area contributed by atoms with Gasteiger partial charge in [0.05, 0.1) is 11.9 Å². The first-order valence-corrected chi connectivity index (χ1v) is 14.0. The van der Waals surface area contributed by atoms with E-state index >= 15 is 0 Å². The van der Waals surface area contributed by atoms with E-state index in [4.69, 9.17) is 11.6 Å². The molecule has 0 heterocycles. The van der Waals surface area contributed by atoms with Crippen molar-refractivity contribution in [2.24, 2.45) is 0 Å². The van der Waals surface area contributed by atoms with Gasteiger partial charge in [-0.1, -0.05) is 42.8 Å². The molecule has 0 radical (unpaired) electrons. The molecule has 1 N–H and O–H groups in total. The Morgan fingerprint density at radius 3 is 2.34 bits per heavy atom. The summed E-state index contributed by atoms with van der Waals surface area (Å²) in [5, 5.41) is 3.44. The van der Waals surface area contributed by atoms with Crippen molar-refractivity contribution in [2.75, 3.05) is 23.7 Å². The van der Waals surface area contributed by atoms with Gasteiger partial charge in [-0.25, -0.2) is 8.42 Å². The first-order chi connectivity index (χ1) is 16.4. The van der Waals surface area contributed by atoms with Crippen LogP contribution in [-0.2, 0) is 26.2 Å². The van der Waals surface area contributed by atoms with Crippen molar-refractivity contribution in [3.8, 4) is 0 Å². The van der Waals surface area contributed by atoms with E-state index in [1.54, 1.807) is 19.1 Å². The largest absolute Gasteiger partial charge is 0.354 e. The van der Waals surface area contributed by atoms with E-state index in [2.05, 4.69) is 5.32 Å². The number of benzene rings is 2. The number of amides is 2. The average Bonchev–Trinajstić information content (AvgIpc) is 2.80. The van der Waals surface area contributed by atoms with Gasteiger partial charge in [-0.15, -0.1) is 0 Å². The Labute approximate surface area is 214 Å². The summed E-state index contributed by atoms with van der Waals surface area (Å²) in [5.41, 5.74) is 3.27. The number of halogens is 1. The maximum atomic E-state index is 13.3. The molecule has 35 heavy (non-hydrogen) atoms. The Morgan fingerprint density at radius 2 is 1.74 bits per heavy atom. The highest BCUT2D eigenvalue weighted by Crippen LogP contribution is 2.24. The second-order valence-corrected chi connectivity index (χ2v) is 11.2. The Hall–Kier alpha value is -2.58. The lowest BCUT2D eigenvalue weighted by molar-refractivity contribution is -0.140. The van der Waals surface area contributed by atoms with Crippen LogP contribution in [-0.4, -0.2) is 50.5 Å². The van der Waals surface area contributed by atoms with Crippen LogP contribution >= 0.6 is 11.6 Å². The standard InChI is InChI=1S/C26H36ClN3O4S/c1-6-15-28-26(32)21(4)29(18-22-11-13-23(27)14-12-22)25(31)8-7-16-30(35(5,33)34)24-17-19(2)9-10-20(24)3/h9-14,17,21H,6-8,15-16,18H2,1-5H3,(H,28,32). The number of hydrogen-bond acceptors (Lipinski definition) is 4. The summed E-state index contributed by atoms with van der Waals surface area (Å²) in [7, 11) is -3.54. The predicted octanol–water partition coefficient (Wildman–Crippen LogP) is 4.45. The summed E-state index contributed by atoms with van der Waals surface area (Å²) in [6.07, 6.45) is 2.39. The fourth-order valence-corrected chi connectivity index (χ4v) is 4.88. The lowest BCUT2D eigenvalue weighted by Crippen LogP contribution is -2.47. The van der Waals surface area contributed by atoms with Crippen molar-refractivity contribution in [1.82, 2.24) is 10.2 Å². The first kappa shape index (κ1) is 28.7. The van der Waals surface area contributed by atoms with Gasteiger partial charge in [0.25, 0.3) is 0 Å². The Bertz CT molecular complexity index is 1120. The molecule has 0 aliphatic rings. The van der Waals surface area contributed by atoms with Crippen molar-refractivity contribution in [3.63, 3.8) is 0 Å². The summed E-state index contributed by atoms with van der Waals surface area (Å²) >= 11 is 5.99. The second-order valence-electron chi connectivity index (χ2n) is 8.84. The molecule has 192 valence electrons. The molecule has 9 heteroatoms. The van der Waals surface area contributed by atoms with Crippen LogP contribution in [0.2, 0.25) is 5.02 Å². The molecule has 2 aromatic carbocycles. The van der Waals surface area contributed by atoms with Crippen LogP contribution in [0.3, 0.4) is 0 Å². The molecule has 0 aliphatic carbocycles. The number of aryl methyl sites for hydroxylation is 2. The van der Waals surface area contributed by atoms with E-state index in [1.165, 1.54) is 15.5 Å². The van der Waals surface area contributed by atoms with Gasteiger partial charge >= 0.3 is 0 Å². The van der Waals surface area contributed by atoms with Crippen molar-refractivity contribution < 1.29 is 18.0 Å². The first-order valence-electron chi connectivity index (χ1n) is 11.8. The lowest BCUT2D eigenvalue weighted by atomic mass is 10.1. The van der Waals surface area contributed by atoms with E-state index in [1.807, 2.05) is 51.1 Å². The third kappa shape index (κ3) is 8.54. The van der Waals surface area contributed by atoms with Crippen LogP contribution in [0.1, 0.15) is 49.8 Å². The van der Waals surface area contributed by atoms with Gasteiger partial charge in [0, 0.05) is 31.1 Å². The molecule has 0 saturated heterocycles. The molecule has 7 nitrogen and oxygen atoms in total. The van der Waals surface area contributed by atoms with Gasteiger partial charge in [-0.05, 0) is 68.5 Å². The molecule has 1 unspecified atom stereocenters. The third-order valence-corrected chi connectivity index (χ3v) is 7.20. The predicted molar refractivity (Wildman–Crippen MR) is 142 cm³/mol. The zero-order valence-corrected chi connectivity index (χ0v) is 22.7. The van der Waals surface area contributed by atoms with Crippen LogP contribution in [0.15, 0.2) is 42.5 Å². The summed E-state index contributed by atoms with van der Waals surface area (Å²) in [4.78, 5) is 27.5. The number of nitrogens with zero attached hydrogens (tertiary/aromatic N) is 2. The zero-order valence-electron chi connectivity index (χ0n) is 21.2. The zero-order chi connectivity index (χ0) is 26.2. The molecule has 0 spiro atoms. The van der Waals surface area contributed by atoms with E-state index in [0.29, 0.717) is 23.7 Å². The van der Waals surface area contributed by atoms with Crippen LogP contribution in [0.25, 0.3) is 0 Å². The number of rotatable bonds is 12.